The smallest absolute Gasteiger partial charge is 0.251 e. The second-order valence-corrected chi connectivity index (χ2v) is 10.0. The molecule has 0 spiro atoms. The van der Waals surface area contributed by atoms with Crippen molar-refractivity contribution in [1.82, 2.24) is 14.8 Å². The first kappa shape index (κ1) is 23.0. The first-order valence-corrected chi connectivity index (χ1v) is 12.4. The minimum Gasteiger partial charge on any atom is -0.333 e. The number of carbonyl (C=O) groups excluding carboxylic acids is 1. The maximum Gasteiger partial charge on any atom is 0.251 e. The quantitative estimate of drug-likeness (QED) is 0.539. The molecule has 7 heteroatoms. The van der Waals surface area contributed by atoms with Crippen molar-refractivity contribution in [1.29, 1.82) is 0 Å². The number of carbonyl (C=O) groups is 1. The number of aromatic nitrogens is 1. The number of hydrogen-bond donors (Lipinski definition) is 0. The zero-order valence-corrected chi connectivity index (χ0v) is 20.2. The molecule has 5 nitrogen and oxygen atoms in total. The topological polar surface area (TPSA) is 48.8 Å². The molecular weight excluding hydrogens is 458 g/mol. The lowest BCUT2D eigenvalue weighted by Gasteiger charge is -2.37. The molecule has 0 aliphatic carbocycles. The Labute approximate surface area is 209 Å². The molecule has 0 bridgehead atoms. The molecule has 1 saturated heterocycles. The third kappa shape index (κ3) is 4.22. The summed E-state index contributed by atoms with van der Waals surface area (Å²) in [5, 5.41) is 0. The normalized spacial score (nSPS) is 21.6. The summed E-state index contributed by atoms with van der Waals surface area (Å²) in [6.07, 6.45) is -0.256. The van der Waals surface area contributed by atoms with E-state index < -0.39 is 6.43 Å². The van der Waals surface area contributed by atoms with E-state index in [1.54, 1.807) is 11.1 Å². The van der Waals surface area contributed by atoms with Crippen LogP contribution in [0, 0.1) is 6.92 Å². The molecule has 0 unspecified atom stereocenters. The van der Waals surface area contributed by atoms with Crippen molar-refractivity contribution in [2.75, 3.05) is 19.6 Å². The van der Waals surface area contributed by atoms with Crippen LogP contribution in [-0.2, 0) is 24.3 Å². The largest absolute Gasteiger partial charge is 0.333 e. The van der Waals surface area contributed by atoms with Crippen LogP contribution in [0.5, 0.6) is 0 Å². The number of hydrogen-bond acceptors (Lipinski definition) is 4. The van der Waals surface area contributed by atoms with Gasteiger partial charge in [-0.05, 0) is 47.4 Å². The molecule has 3 aliphatic heterocycles. The Morgan fingerprint density at radius 2 is 1.86 bits per heavy atom. The first-order chi connectivity index (χ1) is 17.5. The van der Waals surface area contributed by atoms with Gasteiger partial charge in [-0.2, -0.15) is 0 Å². The van der Waals surface area contributed by atoms with Crippen molar-refractivity contribution in [3.8, 4) is 0 Å². The molecule has 1 amide bonds. The fourth-order valence-corrected chi connectivity index (χ4v) is 5.98. The van der Waals surface area contributed by atoms with Crippen LogP contribution in [0.1, 0.15) is 45.0 Å². The van der Waals surface area contributed by atoms with Gasteiger partial charge in [-0.25, -0.2) is 8.78 Å². The Morgan fingerprint density at radius 3 is 2.64 bits per heavy atom. The highest BCUT2D eigenvalue weighted by atomic mass is 19.3. The number of benzene rings is 2. The highest BCUT2D eigenvalue weighted by Crippen LogP contribution is 2.36. The van der Waals surface area contributed by atoms with Gasteiger partial charge in [-0.1, -0.05) is 36.4 Å². The zero-order valence-electron chi connectivity index (χ0n) is 20.2. The average Bonchev–Trinajstić information content (AvgIpc) is 3.46. The third-order valence-electron chi connectivity index (χ3n) is 7.65. The molecule has 0 N–H and O–H groups in total. The number of likely N-dealkylation sites (tertiary alicyclic amines) is 1. The van der Waals surface area contributed by atoms with E-state index in [1.165, 1.54) is 0 Å². The van der Waals surface area contributed by atoms with Gasteiger partial charge in [-0.3, -0.25) is 19.7 Å². The van der Waals surface area contributed by atoms with E-state index >= 15 is 0 Å². The van der Waals surface area contributed by atoms with E-state index in [0.29, 0.717) is 32.6 Å². The number of rotatable bonds is 5. The molecule has 184 valence electrons. The molecule has 1 fully saturated rings. The van der Waals surface area contributed by atoms with Crippen molar-refractivity contribution in [2.24, 2.45) is 4.99 Å². The van der Waals surface area contributed by atoms with Gasteiger partial charge >= 0.3 is 0 Å². The number of fused-ring (bicyclic) bond motifs is 2. The summed E-state index contributed by atoms with van der Waals surface area (Å²) in [6.45, 7) is 3.78. The molecular formula is C29H28F2N4O. The van der Waals surface area contributed by atoms with Gasteiger partial charge in [0.05, 0.1) is 31.3 Å². The Balaban J connectivity index is 1.32. The molecule has 1 aromatic heterocycles. The summed E-state index contributed by atoms with van der Waals surface area (Å²) >= 11 is 0. The van der Waals surface area contributed by atoms with Gasteiger partial charge in [0.1, 0.15) is 0 Å². The number of aliphatic imine (C=N–C) groups is 1. The van der Waals surface area contributed by atoms with E-state index in [0.717, 1.165) is 44.8 Å². The fraction of sp³-hybridized carbons (Fsp3) is 0.345. The highest BCUT2D eigenvalue weighted by Gasteiger charge is 2.41. The predicted molar refractivity (Wildman–Crippen MR) is 134 cm³/mol. The van der Waals surface area contributed by atoms with Crippen molar-refractivity contribution < 1.29 is 13.6 Å². The molecule has 4 heterocycles. The second-order valence-electron chi connectivity index (χ2n) is 10.0. The summed E-state index contributed by atoms with van der Waals surface area (Å²) in [5.74, 6) is 0.0676. The predicted octanol–water partition coefficient (Wildman–Crippen LogP) is 4.36. The lowest BCUT2D eigenvalue weighted by Crippen LogP contribution is -2.47. The third-order valence-corrected chi connectivity index (χ3v) is 7.65. The maximum atomic E-state index is 13.4. The van der Waals surface area contributed by atoms with Crippen molar-refractivity contribution in [3.05, 3.63) is 99.9 Å². The molecule has 0 radical (unpaired) electrons. The summed E-state index contributed by atoms with van der Waals surface area (Å²) < 4.78 is 26.5. The van der Waals surface area contributed by atoms with Crippen molar-refractivity contribution in [3.63, 3.8) is 0 Å². The van der Waals surface area contributed by atoms with Crippen LogP contribution >= 0.6 is 0 Å². The van der Waals surface area contributed by atoms with E-state index in [9.17, 15) is 13.6 Å². The molecule has 3 aliphatic rings. The van der Waals surface area contributed by atoms with Crippen LogP contribution in [0.15, 0.2) is 65.8 Å². The van der Waals surface area contributed by atoms with Gasteiger partial charge in [0.2, 0.25) is 5.91 Å². The highest BCUT2D eigenvalue weighted by molar-refractivity contribution is 6.15. The summed E-state index contributed by atoms with van der Waals surface area (Å²) in [5.41, 5.74) is 8.48. The van der Waals surface area contributed by atoms with Crippen LogP contribution in [0.2, 0.25) is 0 Å². The monoisotopic (exact) mass is 486 g/mol. The Bertz CT molecular complexity index is 1340. The van der Waals surface area contributed by atoms with Crippen LogP contribution in [0.4, 0.5) is 8.78 Å². The van der Waals surface area contributed by atoms with Gasteiger partial charge in [-0.15, -0.1) is 0 Å². The van der Waals surface area contributed by atoms with E-state index in [-0.39, 0.29) is 24.4 Å². The first-order valence-electron chi connectivity index (χ1n) is 12.4. The Hall–Kier alpha value is -3.45. The van der Waals surface area contributed by atoms with Crippen molar-refractivity contribution in [2.45, 2.75) is 44.8 Å². The van der Waals surface area contributed by atoms with Crippen molar-refractivity contribution >= 4 is 11.6 Å². The standard InChI is InChI=1S/C29H28F2N4O/c1-18-9-20(7-8-32-18)29-24-11-23-14-35(28(36)12-21(23)10-22(24)13-33-29)26-16-34(17-27(30)31)15-25(26)19-5-3-2-4-6-19/h2-11,25-27H,12-17H2,1H3/t25-,26+/m0/s1. The van der Waals surface area contributed by atoms with Crippen LogP contribution in [0.3, 0.4) is 0 Å². The zero-order chi connectivity index (χ0) is 24.8. The molecule has 2 atom stereocenters. The van der Waals surface area contributed by atoms with Gasteiger partial charge < -0.3 is 4.90 Å². The van der Waals surface area contributed by atoms with Crippen LogP contribution in [0.25, 0.3) is 0 Å². The number of alkyl halides is 2. The lowest BCUT2D eigenvalue weighted by atomic mass is 9.88. The van der Waals surface area contributed by atoms with Crippen LogP contribution < -0.4 is 0 Å². The minimum atomic E-state index is -2.39. The Morgan fingerprint density at radius 1 is 1.03 bits per heavy atom. The number of aryl methyl sites for hydroxylation is 1. The van der Waals surface area contributed by atoms with E-state index in [1.807, 2.05) is 54.3 Å². The average molecular weight is 487 g/mol. The number of pyridine rings is 1. The van der Waals surface area contributed by atoms with Gasteiger partial charge in [0, 0.05) is 48.6 Å². The van der Waals surface area contributed by atoms with Crippen LogP contribution in [-0.4, -0.2) is 58.5 Å². The van der Waals surface area contributed by atoms with Gasteiger partial charge in [0.15, 0.2) is 0 Å². The molecule has 36 heavy (non-hydrogen) atoms. The maximum absolute atomic E-state index is 13.4. The minimum absolute atomic E-state index is 0.00166. The lowest BCUT2D eigenvalue weighted by molar-refractivity contribution is -0.134. The number of halogens is 2. The van der Waals surface area contributed by atoms with Gasteiger partial charge in [0.25, 0.3) is 6.43 Å². The summed E-state index contributed by atoms with van der Waals surface area (Å²) in [7, 11) is 0. The molecule has 0 saturated carbocycles. The fourth-order valence-electron chi connectivity index (χ4n) is 5.98. The summed E-state index contributed by atoms with van der Waals surface area (Å²) in [6, 6.07) is 18.2. The number of amides is 1. The van der Waals surface area contributed by atoms with E-state index in [4.69, 9.17) is 4.99 Å². The second kappa shape index (κ2) is 9.21. The van der Waals surface area contributed by atoms with E-state index in [2.05, 4.69) is 17.1 Å². The molecule has 6 rings (SSSR count). The molecule has 2 aromatic carbocycles. The Kier molecular flexibility index (Phi) is 5.88. The summed E-state index contributed by atoms with van der Waals surface area (Å²) in [4.78, 5) is 26.2. The SMILES string of the molecule is Cc1cc(C2=NCc3cc4c(cc32)CN([C@@H]2CN(CC(F)F)C[C@H]2c2ccccc2)C(=O)C4)ccn1. The number of nitrogens with zero attached hydrogens (tertiary/aromatic N) is 4. The molecule has 3 aromatic rings.